The Bertz CT molecular complexity index is 578. The van der Waals surface area contributed by atoms with Crippen LogP contribution in [-0.4, -0.2) is 16.3 Å². The molecule has 0 aliphatic rings. The molecule has 2 rings (SSSR count). The minimum absolute atomic E-state index is 0.231. The van der Waals surface area contributed by atoms with Crippen molar-refractivity contribution in [2.45, 2.75) is 12.9 Å². The average Bonchev–Trinajstić information content (AvgIpc) is 2.37. The molecule has 0 saturated carbocycles. The van der Waals surface area contributed by atoms with Crippen molar-refractivity contribution >= 4 is 21.6 Å². The third-order valence-corrected chi connectivity index (χ3v) is 2.76. The Morgan fingerprint density at radius 3 is 2.55 bits per heavy atom. The van der Waals surface area contributed by atoms with Gasteiger partial charge in [-0.15, -0.1) is 13.2 Å². The number of hydrogen-bond donors (Lipinski definition) is 1. The second-order valence-corrected chi connectivity index (χ2v) is 4.70. The number of rotatable bonds is 4. The summed E-state index contributed by atoms with van der Waals surface area (Å²) in [6.45, 7) is 0.288. The Hall–Kier alpha value is -1.83. The molecular formula is C12H9BrF3N3O. The van der Waals surface area contributed by atoms with E-state index in [1.807, 2.05) is 0 Å². The highest BCUT2D eigenvalue weighted by Crippen LogP contribution is 2.33. The smallest absolute Gasteiger partial charge is 0.404 e. The maximum absolute atomic E-state index is 12.3. The zero-order valence-corrected chi connectivity index (χ0v) is 11.6. The fourth-order valence-electron chi connectivity index (χ4n) is 1.47. The molecule has 8 heteroatoms. The first-order valence-corrected chi connectivity index (χ1v) is 6.26. The number of anilines is 1. The van der Waals surface area contributed by atoms with Crippen molar-refractivity contribution in [1.82, 2.24) is 9.97 Å². The van der Waals surface area contributed by atoms with Crippen molar-refractivity contribution in [3.63, 3.8) is 0 Å². The molecule has 0 unspecified atom stereocenters. The molecular weight excluding hydrogens is 339 g/mol. The van der Waals surface area contributed by atoms with Crippen LogP contribution in [-0.2, 0) is 6.54 Å². The summed E-state index contributed by atoms with van der Waals surface area (Å²) in [6.07, 6.45) is -0.222. The number of nitrogens with one attached hydrogen (secondary N) is 1. The summed E-state index contributed by atoms with van der Waals surface area (Å²) in [6, 6.07) is 4.36. The Kier molecular flexibility index (Phi) is 4.43. The third-order valence-electron chi connectivity index (χ3n) is 2.27. The fraction of sp³-hybridized carbons (Fsp3) is 0.167. The van der Waals surface area contributed by atoms with E-state index >= 15 is 0 Å². The third kappa shape index (κ3) is 4.37. The number of nitrogens with zero attached hydrogens (tertiary/aromatic N) is 2. The minimum atomic E-state index is -4.74. The SMILES string of the molecule is FC(F)(F)Oc1cc(Br)ccc1NCc1cncnc1. The molecule has 2 aromatic rings. The van der Waals surface area contributed by atoms with Crippen LogP contribution in [0.5, 0.6) is 5.75 Å². The number of benzene rings is 1. The van der Waals surface area contributed by atoms with Crippen LogP contribution in [0.25, 0.3) is 0 Å². The average molecular weight is 348 g/mol. The van der Waals surface area contributed by atoms with Crippen molar-refractivity contribution < 1.29 is 17.9 Å². The molecule has 1 heterocycles. The zero-order chi connectivity index (χ0) is 14.6. The first-order valence-electron chi connectivity index (χ1n) is 5.47. The van der Waals surface area contributed by atoms with Gasteiger partial charge >= 0.3 is 6.36 Å². The monoisotopic (exact) mass is 347 g/mol. The van der Waals surface area contributed by atoms with Crippen molar-refractivity contribution in [3.05, 3.63) is 47.0 Å². The fourth-order valence-corrected chi connectivity index (χ4v) is 1.81. The van der Waals surface area contributed by atoms with Crippen LogP contribution >= 0.6 is 15.9 Å². The van der Waals surface area contributed by atoms with Gasteiger partial charge < -0.3 is 10.1 Å². The second-order valence-electron chi connectivity index (χ2n) is 3.79. The molecule has 0 aliphatic carbocycles. The van der Waals surface area contributed by atoms with Gasteiger partial charge in [0.05, 0.1) is 5.69 Å². The highest BCUT2D eigenvalue weighted by Gasteiger charge is 2.32. The van der Waals surface area contributed by atoms with E-state index in [-0.39, 0.29) is 18.0 Å². The van der Waals surface area contributed by atoms with Crippen LogP contribution in [0.4, 0.5) is 18.9 Å². The molecule has 0 amide bonds. The number of aromatic nitrogens is 2. The molecule has 1 N–H and O–H groups in total. The van der Waals surface area contributed by atoms with Crippen LogP contribution in [0.3, 0.4) is 0 Å². The predicted molar refractivity (Wildman–Crippen MR) is 70.2 cm³/mol. The molecule has 0 bridgehead atoms. The summed E-state index contributed by atoms with van der Waals surface area (Å²) in [5, 5.41) is 2.85. The summed E-state index contributed by atoms with van der Waals surface area (Å²) in [5.41, 5.74) is 0.975. The lowest BCUT2D eigenvalue weighted by atomic mass is 10.2. The zero-order valence-electron chi connectivity index (χ0n) is 9.99. The normalized spacial score (nSPS) is 11.2. The molecule has 1 aromatic carbocycles. The molecule has 20 heavy (non-hydrogen) atoms. The van der Waals surface area contributed by atoms with Crippen molar-refractivity contribution in [3.8, 4) is 5.75 Å². The number of halogens is 4. The summed E-state index contributed by atoms with van der Waals surface area (Å²) in [5.74, 6) is -0.302. The van der Waals surface area contributed by atoms with Gasteiger partial charge in [-0.25, -0.2) is 9.97 Å². The summed E-state index contributed by atoms with van der Waals surface area (Å²) in [4.78, 5) is 7.65. The summed E-state index contributed by atoms with van der Waals surface area (Å²) >= 11 is 3.10. The number of ether oxygens (including phenoxy) is 1. The van der Waals surface area contributed by atoms with Gasteiger partial charge in [-0.2, -0.15) is 0 Å². The molecule has 0 aliphatic heterocycles. The molecule has 0 spiro atoms. The highest BCUT2D eigenvalue weighted by atomic mass is 79.9. The topological polar surface area (TPSA) is 47.0 Å². The Morgan fingerprint density at radius 1 is 1.20 bits per heavy atom. The quantitative estimate of drug-likeness (QED) is 0.914. The second kappa shape index (κ2) is 6.08. The van der Waals surface area contributed by atoms with Crippen LogP contribution in [0.1, 0.15) is 5.56 Å². The summed E-state index contributed by atoms with van der Waals surface area (Å²) in [7, 11) is 0. The first-order chi connectivity index (χ1) is 9.44. The Labute approximate surface area is 121 Å². The molecule has 0 saturated heterocycles. The van der Waals surface area contributed by atoms with E-state index < -0.39 is 6.36 Å². The van der Waals surface area contributed by atoms with Gasteiger partial charge in [0, 0.05) is 29.0 Å². The van der Waals surface area contributed by atoms with Crippen molar-refractivity contribution in [2.24, 2.45) is 0 Å². The van der Waals surface area contributed by atoms with Crippen LogP contribution in [0, 0.1) is 0 Å². The predicted octanol–water partition coefficient (Wildman–Crippen LogP) is 3.75. The maximum atomic E-state index is 12.3. The van der Waals surface area contributed by atoms with Crippen LogP contribution in [0.15, 0.2) is 41.4 Å². The van der Waals surface area contributed by atoms with E-state index in [9.17, 15) is 13.2 Å². The molecule has 0 atom stereocenters. The number of alkyl halides is 3. The van der Waals surface area contributed by atoms with Crippen LogP contribution < -0.4 is 10.1 Å². The Morgan fingerprint density at radius 2 is 1.90 bits per heavy atom. The molecule has 0 fully saturated rings. The molecule has 0 radical (unpaired) electrons. The maximum Gasteiger partial charge on any atom is 0.573 e. The van der Waals surface area contributed by atoms with E-state index in [1.165, 1.54) is 18.5 Å². The summed E-state index contributed by atoms with van der Waals surface area (Å²) < 4.78 is 41.5. The van der Waals surface area contributed by atoms with Gasteiger partial charge in [0.1, 0.15) is 6.33 Å². The lowest BCUT2D eigenvalue weighted by Crippen LogP contribution is -2.18. The van der Waals surface area contributed by atoms with Gasteiger partial charge in [0.2, 0.25) is 0 Å². The molecule has 1 aromatic heterocycles. The lowest BCUT2D eigenvalue weighted by molar-refractivity contribution is -0.274. The Balaban J connectivity index is 2.14. The van der Waals surface area contributed by atoms with Crippen LogP contribution in [0.2, 0.25) is 0 Å². The van der Waals surface area contributed by atoms with Gasteiger partial charge in [-0.1, -0.05) is 15.9 Å². The highest BCUT2D eigenvalue weighted by molar-refractivity contribution is 9.10. The molecule has 4 nitrogen and oxygen atoms in total. The van der Waals surface area contributed by atoms with Gasteiger partial charge in [-0.05, 0) is 18.2 Å². The van der Waals surface area contributed by atoms with E-state index in [0.717, 1.165) is 5.56 Å². The van der Waals surface area contributed by atoms with Crippen molar-refractivity contribution in [2.75, 3.05) is 5.32 Å². The van der Waals surface area contributed by atoms with Gasteiger partial charge in [0.15, 0.2) is 5.75 Å². The largest absolute Gasteiger partial charge is 0.573 e. The number of hydrogen-bond acceptors (Lipinski definition) is 4. The lowest BCUT2D eigenvalue weighted by Gasteiger charge is -2.15. The molecule has 106 valence electrons. The van der Waals surface area contributed by atoms with E-state index in [2.05, 4.69) is 36.0 Å². The van der Waals surface area contributed by atoms with Gasteiger partial charge in [-0.3, -0.25) is 0 Å². The first kappa shape index (κ1) is 14.6. The van der Waals surface area contributed by atoms with Crippen molar-refractivity contribution in [1.29, 1.82) is 0 Å². The van der Waals surface area contributed by atoms with E-state index in [4.69, 9.17) is 0 Å². The minimum Gasteiger partial charge on any atom is -0.404 e. The van der Waals surface area contributed by atoms with E-state index in [0.29, 0.717) is 4.47 Å². The standard InChI is InChI=1S/C12H9BrF3N3O/c13-9-1-2-10(11(3-9)20-12(14,15)16)19-6-8-4-17-7-18-5-8/h1-5,7,19H,6H2. The van der Waals surface area contributed by atoms with E-state index in [1.54, 1.807) is 18.5 Å². The van der Waals surface area contributed by atoms with Gasteiger partial charge in [0.25, 0.3) is 0 Å².